The van der Waals surface area contributed by atoms with Gasteiger partial charge in [0.05, 0.1) is 5.54 Å². The van der Waals surface area contributed by atoms with Crippen molar-refractivity contribution >= 4 is 29.1 Å². The molecule has 1 heterocycles. The van der Waals surface area contributed by atoms with Gasteiger partial charge in [-0.3, -0.25) is 9.59 Å². The number of nitrogens with one attached hydrogen (secondary N) is 1. The summed E-state index contributed by atoms with van der Waals surface area (Å²) < 4.78 is 13.3. The first kappa shape index (κ1) is 18.4. The molecule has 6 heteroatoms. The van der Waals surface area contributed by atoms with Gasteiger partial charge in [0.1, 0.15) is 5.82 Å². The van der Waals surface area contributed by atoms with E-state index in [2.05, 4.69) is 5.32 Å². The summed E-state index contributed by atoms with van der Waals surface area (Å²) >= 11 is 6.14. The third-order valence-electron chi connectivity index (χ3n) is 4.52. The molecule has 136 valence electrons. The molecule has 0 spiro atoms. The van der Waals surface area contributed by atoms with Crippen molar-refractivity contribution in [3.05, 3.63) is 64.4 Å². The summed E-state index contributed by atoms with van der Waals surface area (Å²) in [5, 5.41) is 3.19. The minimum Gasteiger partial charge on any atom is -0.343 e. The van der Waals surface area contributed by atoms with E-state index in [1.807, 2.05) is 6.07 Å². The van der Waals surface area contributed by atoms with Crippen molar-refractivity contribution < 1.29 is 14.0 Å². The number of nitrogens with zero attached hydrogens (tertiary/aromatic N) is 1. The van der Waals surface area contributed by atoms with Gasteiger partial charge in [-0.05, 0) is 56.2 Å². The predicted molar refractivity (Wildman–Crippen MR) is 99.9 cm³/mol. The number of hydrogen-bond acceptors (Lipinski definition) is 2. The molecule has 1 saturated heterocycles. The molecule has 0 bridgehead atoms. The van der Waals surface area contributed by atoms with Crippen LogP contribution in [0, 0.1) is 5.82 Å². The van der Waals surface area contributed by atoms with Crippen molar-refractivity contribution in [2.24, 2.45) is 0 Å². The first-order valence-corrected chi connectivity index (χ1v) is 8.84. The highest BCUT2D eigenvalue weighted by Crippen LogP contribution is 2.29. The molecule has 1 N–H and O–H groups in total. The first-order valence-electron chi connectivity index (χ1n) is 8.46. The fourth-order valence-electron chi connectivity index (χ4n) is 3.16. The molecule has 1 aliphatic heterocycles. The summed E-state index contributed by atoms with van der Waals surface area (Å²) in [5.74, 6) is -0.645. The molecule has 2 aromatic carbocycles. The number of benzene rings is 2. The number of rotatable bonds is 4. The Labute approximate surface area is 157 Å². The molecule has 1 aliphatic rings. The van der Waals surface area contributed by atoms with Gasteiger partial charge in [-0.1, -0.05) is 23.7 Å². The van der Waals surface area contributed by atoms with E-state index in [0.717, 1.165) is 12.1 Å². The molecule has 3 rings (SSSR count). The number of halogens is 2. The fourth-order valence-corrected chi connectivity index (χ4v) is 3.56. The van der Waals surface area contributed by atoms with Crippen molar-refractivity contribution in [1.29, 1.82) is 0 Å². The van der Waals surface area contributed by atoms with Crippen LogP contribution in [0.25, 0.3) is 0 Å². The van der Waals surface area contributed by atoms with E-state index in [0.29, 0.717) is 24.1 Å². The van der Waals surface area contributed by atoms with Gasteiger partial charge in [0.25, 0.3) is 5.91 Å². The minimum absolute atomic E-state index is 0.0704. The average Bonchev–Trinajstić information content (AvgIpc) is 3.00. The van der Waals surface area contributed by atoms with Gasteiger partial charge in [-0.15, -0.1) is 0 Å². The van der Waals surface area contributed by atoms with Crippen LogP contribution in [0.2, 0.25) is 5.02 Å². The van der Waals surface area contributed by atoms with Gasteiger partial charge >= 0.3 is 0 Å². The normalized spacial score (nSPS) is 14.6. The lowest BCUT2D eigenvalue weighted by molar-refractivity contribution is -0.117. The quantitative estimate of drug-likeness (QED) is 0.868. The summed E-state index contributed by atoms with van der Waals surface area (Å²) in [4.78, 5) is 26.3. The Morgan fingerprint density at radius 3 is 2.65 bits per heavy atom. The van der Waals surface area contributed by atoms with Crippen LogP contribution < -0.4 is 10.2 Å². The monoisotopic (exact) mass is 374 g/mol. The predicted octanol–water partition coefficient (Wildman–Crippen LogP) is 4.27. The lowest BCUT2D eigenvalue weighted by atomic mass is 9.93. The van der Waals surface area contributed by atoms with E-state index in [9.17, 15) is 14.0 Å². The SMILES string of the molecule is CC(C)(NC(=O)c1cccc(N2CCCC2=O)c1)c1ccc(F)cc1Cl. The van der Waals surface area contributed by atoms with Crippen LogP contribution >= 0.6 is 11.6 Å². The molecule has 2 aromatic rings. The Morgan fingerprint density at radius 2 is 2.00 bits per heavy atom. The zero-order valence-electron chi connectivity index (χ0n) is 14.7. The van der Waals surface area contributed by atoms with E-state index in [4.69, 9.17) is 11.6 Å². The maximum Gasteiger partial charge on any atom is 0.252 e. The first-order chi connectivity index (χ1) is 12.3. The zero-order valence-corrected chi connectivity index (χ0v) is 15.4. The van der Waals surface area contributed by atoms with E-state index >= 15 is 0 Å². The second-order valence-corrected chi connectivity index (χ2v) is 7.31. The molecule has 4 nitrogen and oxygen atoms in total. The van der Waals surface area contributed by atoms with Crippen LogP contribution in [0.15, 0.2) is 42.5 Å². The maximum absolute atomic E-state index is 13.3. The number of carbonyl (C=O) groups excluding carboxylic acids is 2. The highest BCUT2D eigenvalue weighted by molar-refractivity contribution is 6.31. The van der Waals surface area contributed by atoms with Crippen molar-refractivity contribution in [2.45, 2.75) is 32.2 Å². The fraction of sp³-hybridized carbons (Fsp3) is 0.300. The van der Waals surface area contributed by atoms with Crippen LogP contribution in [-0.4, -0.2) is 18.4 Å². The molecule has 0 atom stereocenters. The third-order valence-corrected chi connectivity index (χ3v) is 4.84. The highest BCUT2D eigenvalue weighted by Gasteiger charge is 2.27. The summed E-state index contributed by atoms with van der Waals surface area (Å²) in [6.45, 7) is 4.27. The number of amides is 2. The van der Waals surface area contributed by atoms with E-state index in [1.165, 1.54) is 12.1 Å². The Bertz CT molecular complexity index is 867. The molecule has 0 saturated carbocycles. The number of hydrogen-bond donors (Lipinski definition) is 1. The average molecular weight is 375 g/mol. The largest absolute Gasteiger partial charge is 0.343 e. The third kappa shape index (κ3) is 3.73. The van der Waals surface area contributed by atoms with Gasteiger partial charge in [-0.25, -0.2) is 4.39 Å². The number of anilines is 1. The van der Waals surface area contributed by atoms with Gasteiger partial charge in [0.2, 0.25) is 5.91 Å². The van der Waals surface area contributed by atoms with E-state index < -0.39 is 11.4 Å². The molecule has 0 aliphatic carbocycles. The summed E-state index contributed by atoms with van der Waals surface area (Å²) in [7, 11) is 0. The van der Waals surface area contributed by atoms with Gasteiger partial charge < -0.3 is 10.2 Å². The lowest BCUT2D eigenvalue weighted by Gasteiger charge is -2.28. The van der Waals surface area contributed by atoms with Crippen LogP contribution in [-0.2, 0) is 10.3 Å². The molecule has 2 amide bonds. The summed E-state index contributed by atoms with van der Waals surface area (Å²) in [5.41, 5.74) is 1.01. The van der Waals surface area contributed by atoms with E-state index in [1.54, 1.807) is 43.0 Å². The van der Waals surface area contributed by atoms with Gasteiger partial charge in [0.15, 0.2) is 0 Å². The smallest absolute Gasteiger partial charge is 0.252 e. The standard InChI is InChI=1S/C20H20ClFN2O2/c1-20(2,16-9-8-14(22)12-17(16)21)23-19(26)13-5-3-6-15(11-13)24-10-4-7-18(24)25/h3,5-6,8-9,11-12H,4,7,10H2,1-2H3,(H,23,26). The molecular formula is C20H20ClFN2O2. The lowest BCUT2D eigenvalue weighted by Crippen LogP contribution is -2.41. The molecular weight excluding hydrogens is 355 g/mol. The molecule has 0 radical (unpaired) electrons. The number of carbonyl (C=O) groups is 2. The van der Waals surface area contributed by atoms with Gasteiger partial charge in [-0.2, -0.15) is 0 Å². The topological polar surface area (TPSA) is 49.4 Å². The van der Waals surface area contributed by atoms with Crippen molar-refractivity contribution in [2.75, 3.05) is 11.4 Å². The second-order valence-electron chi connectivity index (χ2n) is 6.90. The van der Waals surface area contributed by atoms with Crippen LogP contribution in [0.5, 0.6) is 0 Å². The zero-order chi connectivity index (χ0) is 18.9. The van der Waals surface area contributed by atoms with Crippen LogP contribution in [0.4, 0.5) is 10.1 Å². The van der Waals surface area contributed by atoms with Gasteiger partial charge in [0, 0.05) is 29.2 Å². The minimum atomic E-state index is -0.790. The Hall–Kier alpha value is -2.40. The van der Waals surface area contributed by atoms with Crippen molar-refractivity contribution in [3.63, 3.8) is 0 Å². The Kier molecular flexibility index (Phi) is 5.01. The summed E-state index contributed by atoms with van der Waals surface area (Å²) in [6, 6.07) is 11.1. The molecule has 0 unspecified atom stereocenters. The van der Waals surface area contributed by atoms with Crippen molar-refractivity contribution in [3.8, 4) is 0 Å². The van der Waals surface area contributed by atoms with E-state index in [-0.39, 0.29) is 16.8 Å². The van der Waals surface area contributed by atoms with Crippen LogP contribution in [0.1, 0.15) is 42.6 Å². The highest BCUT2D eigenvalue weighted by atomic mass is 35.5. The van der Waals surface area contributed by atoms with Crippen LogP contribution in [0.3, 0.4) is 0 Å². The second kappa shape index (κ2) is 7.08. The molecule has 1 fully saturated rings. The van der Waals surface area contributed by atoms with Crippen molar-refractivity contribution in [1.82, 2.24) is 5.32 Å². The molecule has 26 heavy (non-hydrogen) atoms. The summed E-state index contributed by atoms with van der Waals surface area (Å²) in [6.07, 6.45) is 1.36. The molecule has 0 aromatic heterocycles. The Balaban J connectivity index is 1.82. The maximum atomic E-state index is 13.3. The Morgan fingerprint density at radius 1 is 1.23 bits per heavy atom.